The number of amides is 2. The first-order chi connectivity index (χ1) is 8.97. The Kier molecular flexibility index (Phi) is 4.29. The van der Waals surface area contributed by atoms with Crippen molar-refractivity contribution in [1.29, 1.82) is 0 Å². The molecule has 0 aromatic heterocycles. The van der Waals surface area contributed by atoms with Crippen LogP contribution in [0.1, 0.15) is 59.3 Å². The van der Waals surface area contributed by atoms with Crippen molar-refractivity contribution in [3.05, 3.63) is 0 Å². The maximum atomic E-state index is 12.3. The molecule has 0 bridgehead atoms. The van der Waals surface area contributed by atoms with Crippen LogP contribution < -0.4 is 5.32 Å². The Morgan fingerprint density at radius 3 is 2.58 bits per heavy atom. The largest absolute Gasteiger partial charge is 0.305 e. The Hall–Kier alpha value is -0.900. The molecule has 2 unspecified atom stereocenters. The van der Waals surface area contributed by atoms with Gasteiger partial charge in [-0.1, -0.05) is 26.7 Å². The summed E-state index contributed by atoms with van der Waals surface area (Å²) in [6.07, 6.45) is 6.18. The Morgan fingerprint density at radius 1 is 1.37 bits per heavy atom. The number of carbonyl (C=O) groups is 2. The quantitative estimate of drug-likeness (QED) is 0.775. The van der Waals surface area contributed by atoms with Gasteiger partial charge in [-0.05, 0) is 31.6 Å². The van der Waals surface area contributed by atoms with Crippen molar-refractivity contribution in [3.63, 3.8) is 0 Å². The molecule has 108 valence electrons. The predicted octanol–water partition coefficient (Wildman–Crippen LogP) is 2.08. The van der Waals surface area contributed by atoms with E-state index in [1.165, 1.54) is 30.6 Å². The molecule has 1 N–H and O–H groups in total. The Labute approximate surface area is 115 Å². The number of nitrogens with zero attached hydrogens (tertiary/aromatic N) is 1. The summed E-state index contributed by atoms with van der Waals surface area (Å²) in [5.41, 5.74) is 0.313. The third kappa shape index (κ3) is 2.99. The fourth-order valence-corrected chi connectivity index (χ4v) is 3.23. The number of nitrogens with one attached hydrogen (secondary N) is 1. The highest BCUT2D eigenvalue weighted by molar-refractivity contribution is 6.05. The van der Waals surface area contributed by atoms with Crippen LogP contribution >= 0.6 is 0 Å². The van der Waals surface area contributed by atoms with E-state index in [1.54, 1.807) is 0 Å². The lowest BCUT2D eigenvalue weighted by Gasteiger charge is -2.26. The zero-order valence-corrected chi connectivity index (χ0v) is 12.4. The molecule has 4 heteroatoms. The monoisotopic (exact) mass is 266 g/mol. The maximum absolute atomic E-state index is 12.3. The summed E-state index contributed by atoms with van der Waals surface area (Å²) in [4.78, 5) is 25.7. The minimum Gasteiger partial charge on any atom is -0.305 e. The summed E-state index contributed by atoms with van der Waals surface area (Å²) in [7, 11) is 0. The SMILES string of the molecule is CCC(C)N1C(=O)CC(NCC2(C)CCCC2)C1=O. The van der Waals surface area contributed by atoms with E-state index in [0.717, 1.165) is 13.0 Å². The fourth-order valence-electron chi connectivity index (χ4n) is 3.23. The molecule has 2 atom stereocenters. The van der Waals surface area contributed by atoms with Crippen molar-refractivity contribution in [3.8, 4) is 0 Å². The molecule has 1 aliphatic heterocycles. The maximum Gasteiger partial charge on any atom is 0.247 e. The molecule has 2 rings (SSSR count). The molecule has 0 aromatic carbocycles. The molecular formula is C15H26N2O2. The summed E-state index contributed by atoms with van der Waals surface area (Å²) < 4.78 is 0. The van der Waals surface area contributed by atoms with Crippen LogP contribution in [-0.2, 0) is 9.59 Å². The molecular weight excluding hydrogens is 240 g/mol. The lowest BCUT2D eigenvalue weighted by molar-refractivity contribution is -0.141. The lowest BCUT2D eigenvalue weighted by Crippen LogP contribution is -2.44. The average molecular weight is 266 g/mol. The molecule has 4 nitrogen and oxygen atoms in total. The van der Waals surface area contributed by atoms with Gasteiger partial charge in [0.2, 0.25) is 11.8 Å². The van der Waals surface area contributed by atoms with Crippen LogP contribution in [-0.4, -0.2) is 35.3 Å². The van der Waals surface area contributed by atoms with Gasteiger partial charge in [0, 0.05) is 12.6 Å². The van der Waals surface area contributed by atoms with E-state index in [9.17, 15) is 9.59 Å². The van der Waals surface area contributed by atoms with E-state index in [2.05, 4.69) is 12.2 Å². The minimum atomic E-state index is -0.293. The Morgan fingerprint density at radius 2 is 2.00 bits per heavy atom. The number of imide groups is 1. The summed E-state index contributed by atoms with van der Waals surface area (Å²) >= 11 is 0. The van der Waals surface area contributed by atoms with Gasteiger partial charge in [0.05, 0.1) is 12.5 Å². The van der Waals surface area contributed by atoms with E-state index in [0.29, 0.717) is 11.8 Å². The zero-order chi connectivity index (χ0) is 14.0. The molecule has 1 saturated heterocycles. The third-order valence-corrected chi connectivity index (χ3v) is 4.80. The fraction of sp³-hybridized carbons (Fsp3) is 0.867. The first kappa shape index (κ1) is 14.5. The van der Waals surface area contributed by atoms with Gasteiger partial charge in [0.1, 0.15) is 0 Å². The normalized spacial score (nSPS) is 28.2. The van der Waals surface area contributed by atoms with E-state index in [-0.39, 0.29) is 23.9 Å². The Balaban J connectivity index is 1.92. The molecule has 0 radical (unpaired) electrons. The van der Waals surface area contributed by atoms with Crippen LogP contribution in [0.25, 0.3) is 0 Å². The van der Waals surface area contributed by atoms with Crippen LogP contribution in [0.4, 0.5) is 0 Å². The lowest BCUT2D eigenvalue weighted by atomic mass is 9.88. The number of hydrogen-bond donors (Lipinski definition) is 1. The van der Waals surface area contributed by atoms with Crippen LogP contribution in [0.15, 0.2) is 0 Å². The van der Waals surface area contributed by atoms with Crippen LogP contribution in [0.2, 0.25) is 0 Å². The van der Waals surface area contributed by atoms with Crippen LogP contribution in [0, 0.1) is 5.41 Å². The summed E-state index contributed by atoms with van der Waals surface area (Å²) in [5.74, 6) is -0.0469. The minimum absolute atomic E-state index is 0.0200. The number of likely N-dealkylation sites (tertiary alicyclic amines) is 1. The highest BCUT2D eigenvalue weighted by atomic mass is 16.2. The standard InChI is InChI=1S/C15H26N2O2/c1-4-11(2)17-13(18)9-12(14(17)19)16-10-15(3)7-5-6-8-15/h11-12,16H,4-10H2,1-3H3. The van der Waals surface area contributed by atoms with Gasteiger partial charge in [0.15, 0.2) is 0 Å². The average Bonchev–Trinajstić information content (AvgIpc) is 2.92. The first-order valence-electron chi connectivity index (χ1n) is 7.56. The van der Waals surface area contributed by atoms with Gasteiger partial charge < -0.3 is 5.32 Å². The molecule has 19 heavy (non-hydrogen) atoms. The topological polar surface area (TPSA) is 49.4 Å². The number of hydrogen-bond acceptors (Lipinski definition) is 3. The predicted molar refractivity (Wildman–Crippen MR) is 74.6 cm³/mol. The van der Waals surface area contributed by atoms with Gasteiger partial charge in [-0.2, -0.15) is 0 Å². The smallest absolute Gasteiger partial charge is 0.247 e. The molecule has 2 aliphatic rings. The molecule has 1 heterocycles. The highest BCUT2D eigenvalue weighted by Crippen LogP contribution is 2.37. The van der Waals surface area contributed by atoms with Gasteiger partial charge in [-0.25, -0.2) is 0 Å². The number of rotatable bonds is 5. The van der Waals surface area contributed by atoms with Crippen molar-refractivity contribution in [1.82, 2.24) is 10.2 Å². The molecule has 0 spiro atoms. The van der Waals surface area contributed by atoms with Gasteiger partial charge in [-0.15, -0.1) is 0 Å². The summed E-state index contributed by atoms with van der Waals surface area (Å²) in [6.45, 7) is 7.08. The molecule has 2 amide bonds. The van der Waals surface area contributed by atoms with Crippen molar-refractivity contribution < 1.29 is 9.59 Å². The molecule has 1 saturated carbocycles. The van der Waals surface area contributed by atoms with E-state index in [1.807, 2.05) is 13.8 Å². The van der Waals surface area contributed by atoms with Crippen molar-refractivity contribution in [2.45, 2.75) is 71.4 Å². The second-order valence-corrected chi connectivity index (χ2v) is 6.51. The molecule has 0 aromatic rings. The van der Waals surface area contributed by atoms with Gasteiger partial charge >= 0.3 is 0 Å². The van der Waals surface area contributed by atoms with Crippen molar-refractivity contribution >= 4 is 11.8 Å². The third-order valence-electron chi connectivity index (χ3n) is 4.80. The van der Waals surface area contributed by atoms with Crippen molar-refractivity contribution in [2.24, 2.45) is 5.41 Å². The van der Waals surface area contributed by atoms with Crippen LogP contribution in [0.3, 0.4) is 0 Å². The van der Waals surface area contributed by atoms with Gasteiger partial charge in [0.25, 0.3) is 0 Å². The van der Waals surface area contributed by atoms with Crippen molar-refractivity contribution in [2.75, 3.05) is 6.54 Å². The van der Waals surface area contributed by atoms with E-state index >= 15 is 0 Å². The van der Waals surface area contributed by atoms with Crippen LogP contribution in [0.5, 0.6) is 0 Å². The van der Waals surface area contributed by atoms with Gasteiger partial charge in [-0.3, -0.25) is 14.5 Å². The second-order valence-electron chi connectivity index (χ2n) is 6.51. The van der Waals surface area contributed by atoms with E-state index < -0.39 is 0 Å². The molecule has 2 fully saturated rings. The summed E-state index contributed by atoms with van der Waals surface area (Å²) in [5, 5.41) is 3.34. The summed E-state index contributed by atoms with van der Waals surface area (Å²) in [6, 6.07) is -0.271. The first-order valence-corrected chi connectivity index (χ1v) is 7.56. The molecule has 1 aliphatic carbocycles. The van der Waals surface area contributed by atoms with E-state index in [4.69, 9.17) is 0 Å². The highest BCUT2D eigenvalue weighted by Gasteiger charge is 2.41. The zero-order valence-electron chi connectivity index (χ0n) is 12.4. The second kappa shape index (κ2) is 5.61. The Bertz CT molecular complexity index is 361. The number of carbonyl (C=O) groups excluding carboxylic acids is 2.